The van der Waals surface area contributed by atoms with Gasteiger partial charge < -0.3 is 5.32 Å². The number of benzene rings is 2. The van der Waals surface area contributed by atoms with Gasteiger partial charge in [-0.2, -0.15) is 0 Å². The Labute approximate surface area is 121 Å². The Bertz CT molecular complexity index is 566. The molecule has 0 fully saturated rings. The Morgan fingerprint density at radius 1 is 1.06 bits per heavy atom. The van der Waals surface area contributed by atoms with Crippen molar-refractivity contribution in [3.05, 3.63) is 62.6 Å². The molecule has 0 saturated carbocycles. The summed E-state index contributed by atoms with van der Waals surface area (Å²) >= 11 is 9.48. The molecular formula is C15H15BrClN. The van der Waals surface area contributed by atoms with Crippen molar-refractivity contribution >= 4 is 33.2 Å². The van der Waals surface area contributed by atoms with E-state index in [0.29, 0.717) is 0 Å². The summed E-state index contributed by atoms with van der Waals surface area (Å²) in [6, 6.07) is 12.3. The lowest BCUT2D eigenvalue weighted by Crippen LogP contribution is -2.01. The topological polar surface area (TPSA) is 12.0 Å². The molecule has 0 saturated heterocycles. The largest absolute Gasteiger partial charge is 0.381 e. The molecule has 1 nitrogen and oxygen atoms in total. The summed E-state index contributed by atoms with van der Waals surface area (Å²) in [4.78, 5) is 0. The van der Waals surface area contributed by atoms with Crippen molar-refractivity contribution in [2.75, 3.05) is 5.32 Å². The third-order valence-electron chi connectivity index (χ3n) is 2.96. The minimum Gasteiger partial charge on any atom is -0.381 e. The van der Waals surface area contributed by atoms with Crippen LogP contribution in [-0.4, -0.2) is 0 Å². The van der Waals surface area contributed by atoms with Crippen molar-refractivity contribution in [2.45, 2.75) is 20.4 Å². The first kappa shape index (κ1) is 13.4. The zero-order valence-corrected chi connectivity index (χ0v) is 12.8. The smallest absolute Gasteiger partial charge is 0.0408 e. The highest BCUT2D eigenvalue weighted by Gasteiger charge is 2.01. The Kier molecular flexibility index (Phi) is 4.31. The molecule has 2 aromatic carbocycles. The van der Waals surface area contributed by atoms with Gasteiger partial charge in [-0.15, -0.1) is 0 Å². The Hall–Kier alpha value is -0.990. The molecule has 0 amide bonds. The standard InChI is InChI=1S/C15H15BrClN/c1-10-3-6-14(8-15(10)16)18-9-12-4-5-13(17)7-11(12)2/h3-8,18H,9H2,1-2H3. The summed E-state index contributed by atoms with van der Waals surface area (Å²) in [6.07, 6.45) is 0. The van der Waals surface area contributed by atoms with E-state index in [1.54, 1.807) is 0 Å². The molecule has 18 heavy (non-hydrogen) atoms. The minimum atomic E-state index is 0.786. The molecule has 1 N–H and O–H groups in total. The van der Waals surface area contributed by atoms with Crippen molar-refractivity contribution in [2.24, 2.45) is 0 Å². The third kappa shape index (κ3) is 3.27. The molecule has 2 aromatic rings. The first-order valence-corrected chi connectivity index (χ1v) is 6.98. The lowest BCUT2D eigenvalue weighted by Gasteiger charge is -2.10. The highest BCUT2D eigenvalue weighted by Crippen LogP contribution is 2.22. The quantitative estimate of drug-likeness (QED) is 0.804. The number of anilines is 1. The maximum absolute atomic E-state index is 5.95. The second-order valence-corrected chi connectivity index (χ2v) is 5.68. The normalized spacial score (nSPS) is 10.4. The van der Waals surface area contributed by atoms with Gasteiger partial charge in [-0.05, 0) is 54.8 Å². The number of halogens is 2. The van der Waals surface area contributed by atoms with Crippen LogP contribution in [0, 0.1) is 13.8 Å². The van der Waals surface area contributed by atoms with Crippen LogP contribution in [0.2, 0.25) is 5.02 Å². The molecule has 0 radical (unpaired) electrons. The van der Waals surface area contributed by atoms with Crippen molar-refractivity contribution in [3.8, 4) is 0 Å². The monoisotopic (exact) mass is 323 g/mol. The highest BCUT2D eigenvalue weighted by molar-refractivity contribution is 9.10. The number of hydrogen-bond donors (Lipinski definition) is 1. The molecule has 0 atom stereocenters. The molecule has 0 aliphatic rings. The van der Waals surface area contributed by atoms with E-state index < -0.39 is 0 Å². The molecule has 0 aliphatic carbocycles. The van der Waals surface area contributed by atoms with E-state index in [0.717, 1.165) is 21.7 Å². The number of nitrogens with one attached hydrogen (secondary N) is 1. The van der Waals surface area contributed by atoms with Crippen molar-refractivity contribution < 1.29 is 0 Å². The van der Waals surface area contributed by atoms with Gasteiger partial charge in [0, 0.05) is 21.7 Å². The molecule has 0 aliphatic heterocycles. The first-order valence-electron chi connectivity index (χ1n) is 5.81. The number of hydrogen-bond acceptors (Lipinski definition) is 1. The number of rotatable bonds is 3. The van der Waals surface area contributed by atoms with Crippen LogP contribution in [0.25, 0.3) is 0 Å². The second-order valence-electron chi connectivity index (χ2n) is 4.39. The Balaban J connectivity index is 2.09. The van der Waals surface area contributed by atoms with Gasteiger partial charge in [0.25, 0.3) is 0 Å². The van der Waals surface area contributed by atoms with E-state index in [9.17, 15) is 0 Å². The van der Waals surface area contributed by atoms with Crippen LogP contribution in [0.4, 0.5) is 5.69 Å². The molecule has 0 aromatic heterocycles. The second kappa shape index (κ2) is 5.77. The molecular weight excluding hydrogens is 310 g/mol. The molecule has 0 spiro atoms. The predicted octanol–water partition coefficient (Wildman–Crippen LogP) is 5.33. The van der Waals surface area contributed by atoms with Gasteiger partial charge in [0.2, 0.25) is 0 Å². The van der Waals surface area contributed by atoms with Gasteiger partial charge in [-0.1, -0.05) is 39.7 Å². The zero-order valence-electron chi connectivity index (χ0n) is 10.4. The molecule has 0 bridgehead atoms. The van der Waals surface area contributed by atoms with Crippen LogP contribution >= 0.6 is 27.5 Å². The van der Waals surface area contributed by atoms with Gasteiger partial charge in [0.1, 0.15) is 0 Å². The summed E-state index contributed by atoms with van der Waals surface area (Å²) in [5.41, 5.74) is 4.82. The lowest BCUT2D eigenvalue weighted by atomic mass is 10.1. The highest BCUT2D eigenvalue weighted by atomic mass is 79.9. The van der Waals surface area contributed by atoms with Crippen LogP contribution in [0.15, 0.2) is 40.9 Å². The molecule has 2 rings (SSSR count). The maximum atomic E-state index is 5.95. The summed E-state index contributed by atoms with van der Waals surface area (Å²) in [7, 11) is 0. The minimum absolute atomic E-state index is 0.786. The lowest BCUT2D eigenvalue weighted by molar-refractivity contribution is 1.12. The van der Waals surface area contributed by atoms with Crippen molar-refractivity contribution in [1.82, 2.24) is 0 Å². The van der Waals surface area contributed by atoms with Gasteiger partial charge in [-0.3, -0.25) is 0 Å². The van der Waals surface area contributed by atoms with E-state index in [1.165, 1.54) is 16.7 Å². The first-order chi connectivity index (χ1) is 8.56. The third-order valence-corrected chi connectivity index (χ3v) is 4.05. The fourth-order valence-electron chi connectivity index (χ4n) is 1.76. The number of aryl methyl sites for hydroxylation is 2. The van der Waals surface area contributed by atoms with Gasteiger partial charge in [-0.25, -0.2) is 0 Å². The fourth-order valence-corrected chi connectivity index (χ4v) is 2.36. The zero-order chi connectivity index (χ0) is 13.1. The van der Waals surface area contributed by atoms with Crippen LogP contribution in [0.3, 0.4) is 0 Å². The van der Waals surface area contributed by atoms with E-state index in [-0.39, 0.29) is 0 Å². The van der Waals surface area contributed by atoms with Crippen LogP contribution < -0.4 is 5.32 Å². The summed E-state index contributed by atoms with van der Waals surface area (Å²) in [6.45, 7) is 4.96. The van der Waals surface area contributed by atoms with Gasteiger partial charge in [0.15, 0.2) is 0 Å². The van der Waals surface area contributed by atoms with Crippen LogP contribution in [0.1, 0.15) is 16.7 Å². The summed E-state index contributed by atoms with van der Waals surface area (Å²) in [5, 5.41) is 4.20. The predicted molar refractivity (Wildman–Crippen MR) is 82.4 cm³/mol. The van der Waals surface area contributed by atoms with Crippen molar-refractivity contribution in [1.29, 1.82) is 0 Å². The average molecular weight is 325 g/mol. The molecule has 3 heteroatoms. The fraction of sp³-hybridized carbons (Fsp3) is 0.200. The van der Waals surface area contributed by atoms with Gasteiger partial charge in [0.05, 0.1) is 0 Å². The Morgan fingerprint density at radius 2 is 1.83 bits per heavy atom. The SMILES string of the molecule is Cc1ccc(NCc2ccc(Cl)cc2C)cc1Br. The summed E-state index contributed by atoms with van der Waals surface area (Å²) in [5.74, 6) is 0. The summed E-state index contributed by atoms with van der Waals surface area (Å²) < 4.78 is 1.13. The van der Waals surface area contributed by atoms with Gasteiger partial charge >= 0.3 is 0 Å². The molecule has 94 valence electrons. The van der Waals surface area contributed by atoms with E-state index in [2.05, 4.69) is 59.4 Å². The maximum Gasteiger partial charge on any atom is 0.0408 e. The van der Waals surface area contributed by atoms with Crippen LogP contribution in [-0.2, 0) is 6.54 Å². The van der Waals surface area contributed by atoms with E-state index >= 15 is 0 Å². The molecule has 0 unspecified atom stereocenters. The van der Waals surface area contributed by atoms with Crippen LogP contribution in [0.5, 0.6) is 0 Å². The van der Waals surface area contributed by atoms with Crippen molar-refractivity contribution in [3.63, 3.8) is 0 Å². The van der Waals surface area contributed by atoms with E-state index in [4.69, 9.17) is 11.6 Å². The Morgan fingerprint density at radius 3 is 2.50 bits per heavy atom. The van der Waals surface area contributed by atoms with E-state index in [1.807, 2.05) is 12.1 Å². The molecule has 0 heterocycles. The average Bonchev–Trinajstić information content (AvgIpc) is 2.32.